The lowest BCUT2D eigenvalue weighted by molar-refractivity contribution is 0.375. The lowest BCUT2D eigenvalue weighted by atomic mass is 9.90. The summed E-state index contributed by atoms with van der Waals surface area (Å²) in [6, 6.07) is 5.40. The number of halogens is 1. The molecule has 0 radical (unpaired) electrons. The van der Waals surface area contributed by atoms with Crippen LogP contribution in [0.3, 0.4) is 0 Å². The van der Waals surface area contributed by atoms with Crippen LogP contribution in [0.5, 0.6) is 0 Å². The Hall–Kier alpha value is -0.890. The van der Waals surface area contributed by atoms with Gasteiger partial charge in [-0.3, -0.25) is 0 Å². The highest BCUT2D eigenvalue weighted by Gasteiger charge is 2.15. The number of rotatable bonds is 2. The van der Waals surface area contributed by atoms with E-state index in [9.17, 15) is 4.39 Å². The first-order valence-corrected chi connectivity index (χ1v) is 5.72. The van der Waals surface area contributed by atoms with Gasteiger partial charge in [0.15, 0.2) is 0 Å². The highest BCUT2D eigenvalue weighted by molar-refractivity contribution is 5.27. The summed E-state index contributed by atoms with van der Waals surface area (Å²) in [4.78, 5) is 0. The summed E-state index contributed by atoms with van der Waals surface area (Å²) in [5.74, 6) is 0.607. The van der Waals surface area contributed by atoms with Crippen molar-refractivity contribution in [3.8, 4) is 0 Å². The third-order valence-corrected chi connectivity index (χ3v) is 3.29. The van der Waals surface area contributed by atoms with Gasteiger partial charge in [-0.15, -0.1) is 0 Å². The summed E-state index contributed by atoms with van der Waals surface area (Å²) in [5.41, 5.74) is 1.99. The van der Waals surface area contributed by atoms with Crippen molar-refractivity contribution in [1.29, 1.82) is 0 Å². The van der Waals surface area contributed by atoms with Crippen molar-refractivity contribution < 1.29 is 4.39 Å². The molecule has 15 heavy (non-hydrogen) atoms. The molecule has 1 saturated heterocycles. The van der Waals surface area contributed by atoms with Gasteiger partial charge in [0.2, 0.25) is 0 Å². The predicted molar refractivity (Wildman–Crippen MR) is 60.4 cm³/mol. The van der Waals surface area contributed by atoms with E-state index in [0.717, 1.165) is 25.1 Å². The maximum absolute atomic E-state index is 13.3. The standard InChI is InChI=1S/C13H18FN/c1-10-12(5-2-6-13(10)14)8-11-4-3-7-15-9-11/h2,5-6,11,15H,3-4,7-9H2,1H3. The fraction of sp³-hybridized carbons (Fsp3) is 0.538. The summed E-state index contributed by atoms with van der Waals surface area (Å²) < 4.78 is 13.3. The van der Waals surface area contributed by atoms with E-state index < -0.39 is 0 Å². The van der Waals surface area contributed by atoms with Gasteiger partial charge in [0.05, 0.1) is 0 Å². The highest BCUT2D eigenvalue weighted by Crippen LogP contribution is 2.20. The molecule has 0 saturated carbocycles. The molecule has 0 aliphatic carbocycles. The zero-order valence-electron chi connectivity index (χ0n) is 9.22. The molecule has 1 unspecified atom stereocenters. The Morgan fingerprint density at radius 1 is 1.47 bits per heavy atom. The molecule has 1 heterocycles. The Balaban J connectivity index is 2.06. The van der Waals surface area contributed by atoms with Crippen molar-refractivity contribution in [3.05, 3.63) is 35.1 Å². The predicted octanol–water partition coefficient (Wildman–Crippen LogP) is 2.68. The van der Waals surface area contributed by atoms with Gasteiger partial charge in [-0.05, 0) is 62.4 Å². The summed E-state index contributed by atoms with van der Waals surface area (Å²) in [5, 5.41) is 3.40. The van der Waals surface area contributed by atoms with Crippen molar-refractivity contribution in [3.63, 3.8) is 0 Å². The third kappa shape index (κ3) is 2.57. The molecule has 0 amide bonds. The van der Waals surface area contributed by atoms with E-state index in [0.29, 0.717) is 5.92 Å². The maximum Gasteiger partial charge on any atom is 0.126 e. The second kappa shape index (κ2) is 4.75. The molecule has 0 spiro atoms. The van der Waals surface area contributed by atoms with E-state index in [-0.39, 0.29) is 5.82 Å². The molecule has 82 valence electrons. The third-order valence-electron chi connectivity index (χ3n) is 3.29. The average molecular weight is 207 g/mol. The molecule has 1 aromatic carbocycles. The van der Waals surface area contributed by atoms with Crippen LogP contribution in [-0.4, -0.2) is 13.1 Å². The number of benzene rings is 1. The van der Waals surface area contributed by atoms with Gasteiger partial charge >= 0.3 is 0 Å². The number of hydrogen-bond acceptors (Lipinski definition) is 1. The summed E-state index contributed by atoms with van der Waals surface area (Å²) in [6.07, 6.45) is 3.53. The van der Waals surface area contributed by atoms with E-state index in [1.807, 2.05) is 19.1 Å². The minimum absolute atomic E-state index is 0.0729. The number of nitrogens with one attached hydrogen (secondary N) is 1. The van der Waals surface area contributed by atoms with Crippen LogP contribution in [0.4, 0.5) is 4.39 Å². The lowest BCUT2D eigenvalue weighted by Gasteiger charge is -2.23. The summed E-state index contributed by atoms with van der Waals surface area (Å²) in [6.45, 7) is 4.09. The maximum atomic E-state index is 13.3. The largest absolute Gasteiger partial charge is 0.316 e. The van der Waals surface area contributed by atoms with Crippen molar-refractivity contribution >= 4 is 0 Å². The second-order valence-electron chi connectivity index (χ2n) is 4.44. The highest BCUT2D eigenvalue weighted by atomic mass is 19.1. The molecule has 2 heteroatoms. The molecule has 0 aromatic heterocycles. The van der Waals surface area contributed by atoms with Gasteiger partial charge in [-0.1, -0.05) is 12.1 Å². The van der Waals surface area contributed by atoms with E-state index in [1.165, 1.54) is 24.5 Å². The average Bonchev–Trinajstić information content (AvgIpc) is 2.26. The first kappa shape index (κ1) is 10.6. The van der Waals surface area contributed by atoms with Crippen LogP contribution in [0, 0.1) is 18.7 Å². The molecule has 1 fully saturated rings. The summed E-state index contributed by atoms with van der Waals surface area (Å²) in [7, 11) is 0. The minimum atomic E-state index is -0.0729. The van der Waals surface area contributed by atoms with Gasteiger partial charge in [-0.2, -0.15) is 0 Å². The van der Waals surface area contributed by atoms with E-state index in [2.05, 4.69) is 5.32 Å². The van der Waals surface area contributed by atoms with Crippen LogP contribution in [0.15, 0.2) is 18.2 Å². The molecule has 0 bridgehead atoms. The Morgan fingerprint density at radius 3 is 3.07 bits per heavy atom. The van der Waals surface area contributed by atoms with Gasteiger partial charge < -0.3 is 5.32 Å². The number of piperidine rings is 1. The first-order valence-electron chi connectivity index (χ1n) is 5.72. The van der Waals surface area contributed by atoms with E-state index in [1.54, 1.807) is 0 Å². The van der Waals surface area contributed by atoms with Gasteiger partial charge in [-0.25, -0.2) is 4.39 Å². The van der Waals surface area contributed by atoms with Crippen LogP contribution < -0.4 is 5.32 Å². The van der Waals surface area contributed by atoms with Crippen LogP contribution in [0.25, 0.3) is 0 Å². The SMILES string of the molecule is Cc1c(F)cccc1CC1CCCNC1. The fourth-order valence-corrected chi connectivity index (χ4v) is 2.28. The van der Waals surface area contributed by atoms with Gasteiger partial charge in [0.1, 0.15) is 5.82 Å². The topological polar surface area (TPSA) is 12.0 Å². The van der Waals surface area contributed by atoms with Crippen molar-refractivity contribution in [2.75, 3.05) is 13.1 Å². The molecular weight excluding hydrogens is 189 g/mol. The Morgan fingerprint density at radius 2 is 2.33 bits per heavy atom. The lowest BCUT2D eigenvalue weighted by Crippen LogP contribution is -2.31. The Labute approximate surface area is 90.7 Å². The minimum Gasteiger partial charge on any atom is -0.316 e. The smallest absolute Gasteiger partial charge is 0.126 e. The molecule has 1 aliphatic rings. The van der Waals surface area contributed by atoms with Crippen LogP contribution in [0.1, 0.15) is 24.0 Å². The quantitative estimate of drug-likeness (QED) is 0.786. The first-order chi connectivity index (χ1) is 7.27. The Bertz CT molecular complexity index is 329. The van der Waals surface area contributed by atoms with Gasteiger partial charge in [0.25, 0.3) is 0 Å². The zero-order chi connectivity index (χ0) is 10.7. The second-order valence-corrected chi connectivity index (χ2v) is 4.44. The van der Waals surface area contributed by atoms with E-state index >= 15 is 0 Å². The van der Waals surface area contributed by atoms with E-state index in [4.69, 9.17) is 0 Å². The van der Waals surface area contributed by atoms with Crippen molar-refractivity contribution in [2.45, 2.75) is 26.2 Å². The van der Waals surface area contributed by atoms with Crippen LogP contribution in [-0.2, 0) is 6.42 Å². The molecule has 1 atom stereocenters. The molecule has 1 aliphatic heterocycles. The zero-order valence-corrected chi connectivity index (χ0v) is 9.22. The van der Waals surface area contributed by atoms with Crippen LogP contribution >= 0.6 is 0 Å². The molecule has 1 nitrogen and oxygen atoms in total. The number of hydrogen-bond donors (Lipinski definition) is 1. The molecule has 2 rings (SSSR count). The monoisotopic (exact) mass is 207 g/mol. The normalized spacial score (nSPS) is 21.6. The van der Waals surface area contributed by atoms with Crippen molar-refractivity contribution in [2.24, 2.45) is 5.92 Å². The summed E-state index contributed by atoms with van der Waals surface area (Å²) >= 11 is 0. The van der Waals surface area contributed by atoms with Crippen molar-refractivity contribution in [1.82, 2.24) is 5.32 Å². The molecular formula is C13H18FN. The van der Waals surface area contributed by atoms with Gasteiger partial charge in [0, 0.05) is 0 Å². The molecule has 1 aromatic rings. The molecule has 1 N–H and O–H groups in total. The fourth-order valence-electron chi connectivity index (χ4n) is 2.28. The Kier molecular flexibility index (Phi) is 3.37. The van der Waals surface area contributed by atoms with Crippen LogP contribution in [0.2, 0.25) is 0 Å².